The van der Waals surface area contributed by atoms with E-state index in [0.717, 1.165) is 25.3 Å². The smallest absolute Gasteiger partial charge is 0.237 e. The fraction of sp³-hybridized carbons (Fsp3) is 0.909. The first kappa shape index (κ1) is 13.8. The maximum atomic E-state index is 11.8. The molecule has 0 aliphatic carbocycles. The van der Waals surface area contributed by atoms with Crippen LogP contribution in [0.5, 0.6) is 0 Å². The minimum atomic E-state index is -0.0774. The highest BCUT2D eigenvalue weighted by Gasteiger charge is 2.29. The molecule has 1 heterocycles. The molecule has 0 aromatic heterocycles. The molecule has 3 unspecified atom stereocenters. The number of methoxy groups -OCH3 is 1. The molecule has 3 atom stereocenters. The van der Waals surface area contributed by atoms with Crippen molar-refractivity contribution >= 4 is 17.7 Å². The summed E-state index contributed by atoms with van der Waals surface area (Å²) in [6, 6.07) is -0.0774. The van der Waals surface area contributed by atoms with Crippen molar-refractivity contribution in [3.63, 3.8) is 0 Å². The summed E-state index contributed by atoms with van der Waals surface area (Å²) in [7, 11) is 1.69. The average Bonchev–Trinajstić information content (AvgIpc) is 2.75. The highest BCUT2D eigenvalue weighted by molar-refractivity contribution is 7.98. The van der Waals surface area contributed by atoms with E-state index in [9.17, 15) is 4.79 Å². The summed E-state index contributed by atoms with van der Waals surface area (Å²) in [5, 5.41) is 6.15. The molecular formula is C11H22N2O2S. The Morgan fingerprint density at radius 2 is 2.44 bits per heavy atom. The SMILES string of the molecule is COC1CNC(C(=O)NCC(C)CSC)C1. The molecule has 1 amide bonds. The van der Waals surface area contributed by atoms with Crippen LogP contribution in [-0.2, 0) is 9.53 Å². The van der Waals surface area contributed by atoms with E-state index in [1.54, 1.807) is 7.11 Å². The first-order valence-corrected chi connectivity index (χ1v) is 7.09. The molecule has 0 saturated carbocycles. The predicted octanol–water partition coefficient (Wildman–Crippen LogP) is 0.479. The zero-order valence-corrected chi connectivity index (χ0v) is 11.1. The zero-order chi connectivity index (χ0) is 12.0. The van der Waals surface area contributed by atoms with E-state index in [0.29, 0.717) is 5.92 Å². The molecule has 0 radical (unpaired) electrons. The molecule has 1 aliphatic heterocycles. The number of amides is 1. The molecule has 4 nitrogen and oxygen atoms in total. The fourth-order valence-corrected chi connectivity index (χ4v) is 2.51. The van der Waals surface area contributed by atoms with Gasteiger partial charge in [-0.2, -0.15) is 11.8 Å². The maximum Gasteiger partial charge on any atom is 0.237 e. The van der Waals surface area contributed by atoms with Gasteiger partial charge < -0.3 is 15.4 Å². The lowest BCUT2D eigenvalue weighted by atomic mass is 10.1. The third-order valence-electron chi connectivity index (χ3n) is 2.82. The Morgan fingerprint density at radius 3 is 3.00 bits per heavy atom. The van der Waals surface area contributed by atoms with Crippen LogP contribution < -0.4 is 10.6 Å². The van der Waals surface area contributed by atoms with E-state index >= 15 is 0 Å². The van der Waals surface area contributed by atoms with Crippen molar-refractivity contribution in [3.8, 4) is 0 Å². The topological polar surface area (TPSA) is 50.4 Å². The number of rotatable bonds is 6. The minimum Gasteiger partial charge on any atom is -0.380 e. The lowest BCUT2D eigenvalue weighted by Crippen LogP contribution is -2.42. The molecule has 1 aliphatic rings. The van der Waals surface area contributed by atoms with Gasteiger partial charge in [-0.25, -0.2) is 0 Å². The largest absolute Gasteiger partial charge is 0.380 e. The van der Waals surface area contributed by atoms with Crippen molar-refractivity contribution in [3.05, 3.63) is 0 Å². The van der Waals surface area contributed by atoms with E-state index < -0.39 is 0 Å². The third kappa shape index (κ3) is 4.31. The molecule has 0 aromatic carbocycles. The van der Waals surface area contributed by atoms with Crippen molar-refractivity contribution in [2.45, 2.75) is 25.5 Å². The molecule has 5 heteroatoms. The Hall–Kier alpha value is -0.260. The Bertz CT molecular complexity index is 226. The van der Waals surface area contributed by atoms with Gasteiger partial charge in [0.15, 0.2) is 0 Å². The molecule has 94 valence electrons. The fourth-order valence-electron chi connectivity index (χ4n) is 1.82. The Balaban J connectivity index is 2.20. The highest BCUT2D eigenvalue weighted by atomic mass is 32.2. The zero-order valence-electron chi connectivity index (χ0n) is 10.3. The first-order chi connectivity index (χ1) is 7.67. The van der Waals surface area contributed by atoms with Crippen LogP contribution in [0.2, 0.25) is 0 Å². The number of hydrogen-bond acceptors (Lipinski definition) is 4. The van der Waals surface area contributed by atoms with Gasteiger partial charge in [0, 0.05) is 20.2 Å². The highest BCUT2D eigenvalue weighted by Crippen LogP contribution is 2.10. The van der Waals surface area contributed by atoms with E-state index in [4.69, 9.17) is 4.74 Å². The summed E-state index contributed by atoms with van der Waals surface area (Å²) in [6.07, 6.45) is 3.04. The lowest BCUT2D eigenvalue weighted by molar-refractivity contribution is -0.123. The first-order valence-electron chi connectivity index (χ1n) is 5.70. The number of thioether (sulfide) groups is 1. The van der Waals surface area contributed by atoms with E-state index in [-0.39, 0.29) is 18.1 Å². The molecular weight excluding hydrogens is 224 g/mol. The standard InChI is InChI=1S/C11H22N2O2S/c1-8(7-16-3)5-13-11(14)10-4-9(15-2)6-12-10/h8-10,12H,4-7H2,1-3H3,(H,13,14). The van der Waals surface area contributed by atoms with Crippen LogP contribution in [0.4, 0.5) is 0 Å². The molecule has 0 aromatic rings. The number of carbonyl (C=O) groups excluding carboxylic acids is 1. The van der Waals surface area contributed by atoms with Crippen LogP contribution in [0.25, 0.3) is 0 Å². The van der Waals surface area contributed by atoms with Gasteiger partial charge in [-0.15, -0.1) is 0 Å². The van der Waals surface area contributed by atoms with Crippen molar-refractivity contribution in [2.24, 2.45) is 5.92 Å². The van der Waals surface area contributed by atoms with Crippen LogP contribution in [0.1, 0.15) is 13.3 Å². The number of carbonyl (C=O) groups is 1. The second-order valence-electron chi connectivity index (χ2n) is 4.36. The monoisotopic (exact) mass is 246 g/mol. The summed E-state index contributed by atoms with van der Waals surface area (Å²) in [5.74, 6) is 1.71. The molecule has 0 spiro atoms. The Kier molecular flexibility index (Phi) is 6.16. The third-order valence-corrected chi connectivity index (χ3v) is 3.72. The summed E-state index contributed by atoms with van der Waals surface area (Å²) in [6.45, 7) is 3.68. The second-order valence-corrected chi connectivity index (χ2v) is 5.27. The predicted molar refractivity (Wildman–Crippen MR) is 67.8 cm³/mol. The van der Waals surface area contributed by atoms with Gasteiger partial charge in [0.2, 0.25) is 5.91 Å². The van der Waals surface area contributed by atoms with Crippen molar-refractivity contribution in [2.75, 3.05) is 32.2 Å². The normalized spacial score (nSPS) is 26.7. The second kappa shape index (κ2) is 7.14. The molecule has 1 saturated heterocycles. The van der Waals surface area contributed by atoms with Gasteiger partial charge in [0.1, 0.15) is 0 Å². The molecule has 1 rings (SSSR count). The van der Waals surface area contributed by atoms with E-state index in [1.165, 1.54) is 0 Å². The van der Waals surface area contributed by atoms with Crippen LogP contribution >= 0.6 is 11.8 Å². The molecule has 0 bridgehead atoms. The summed E-state index contributed by atoms with van der Waals surface area (Å²) in [5.41, 5.74) is 0. The van der Waals surface area contributed by atoms with Gasteiger partial charge in [0.05, 0.1) is 12.1 Å². The van der Waals surface area contributed by atoms with Gasteiger partial charge in [-0.05, 0) is 24.3 Å². The number of ether oxygens (including phenoxy) is 1. The minimum absolute atomic E-state index is 0.0774. The maximum absolute atomic E-state index is 11.8. The van der Waals surface area contributed by atoms with Crippen LogP contribution in [0.15, 0.2) is 0 Å². The van der Waals surface area contributed by atoms with Gasteiger partial charge in [-0.3, -0.25) is 4.79 Å². The summed E-state index contributed by atoms with van der Waals surface area (Å²) in [4.78, 5) is 11.8. The van der Waals surface area contributed by atoms with Crippen LogP contribution in [0, 0.1) is 5.92 Å². The van der Waals surface area contributed by atoms with Crippen LogP contribution in [0.3, 0.4) is 0 Å². The number of nitrogens with one attached hydrogen (secondary N) is 2. The number of hydrogen-bond donors (Lipinski definition) is 2. The van der Waals surface area contributed by atoms with E-state index in [2.05, 4.69) is 23.8 Å². The quantitative estimate of drug-likeness (QED) is 0.716. The molecule has 2 N–H and O–H groups in total. The molecule has 1 fully saturated rings. The summed E-state index contributed by atoms with van der Waals surface area (Å²) < 4.78 is 5.21. The van der Waals surface area contributed by atoms with E-state index in [1.807, 2.05) is 11.8 Å². The molecule has 16 heavy (non-hydrogen) atoms. The Morgan fingerprint density at radius 1 is 1.69 bits per heavy atom. The van der Waals surface area contributed by atoms with Gasteiger partial charge in [0.25, 0.3) is 0 Å². The van der Waals surface area contributed by atoms with Crippen molar-refractivity contribution < 1.29 is 9.53 Å². The average molecular weight is 246 g/mol. The Labute approximate surface area is 102 Å². The lowest BCUT2D eigenvalue weighted by Gasteiger charge is -2.14. The van der Waals surface area contributed by atoms with Gasteiger partial charge in [-0.1, -0.05) is 6.92 Å². The summed E-state index contributed by atoms with van der Waals surface area (Å²) >= 11 is 1.81. The van der Waals surface area contributed by atoms with Crippen LogP contribution in [-0.4, -0.2) is 50.3 Å². The van der Waals surface area contributed by atoms with Crippen molar-refractivity contribution in [1.29, 1.82) is 0 Å². The van der Waals surface area contributed by atoms with Gasteiger partial charge >= 0.3 is 0 Å². The van der Waals surface area contributed by atoms with Crippen molar-refractivity contribution in [1.82, 2.24) is 10.6 Å².